The summed E-state index contributed by atoms with van der Waals surface area (Å²) in [6.45, 7) is 7.05. The van der Waals surface area contributed by atoms with Crippen molar-refractivity contribution in [3.63, 3.8) is 0 Å². The van der Waals surface area contributed by atoms with E-state index in [1.807, 2.05) is 4.90 Å². The maximum absolute atomic E-state index is 14.4. The molecule has 0 aliphatic carbocycles. The zero-order valence-corrected chi connectivity index (χ0v) is 15.5. The van der Waals surface area contributed by atoms with Crippen molar-refractivity contribution >= 4 is 5.91 Å². The number of hydrogen-bond acceptors (Lipinski definition) is 4. The van der Waals surface area contributed by atoms with Gasteiger partial charge in [-0.1, -0.05) is 32.0 Å². The van der Waals surface area contributed by atoms with Crippen molar-refractivity contribution < 1.29 is 13.9 Å². The molecule has 0 aromatic heterocycles. The normalized spacial score (nSPS) is 18.2. The minimum atomic E-state index is -0.620. The molecule has 0 saturated carbocycles. The van der Waals surface area contributed by atoms with Gasteiger partial charge in [0.1, 0.15) is 11.9 Å². The van der Waals surface area contributed by atoms with E-state index in [0.717, 1.165) is 6.42 Å². The second-order valence-electron chi connectivity index (χ2n) is 7.03. The average Bonchev–Trinajstić information content (AvgIpc) is 2.61. The lowest BCUT2D eigenvalue weighted by Gasteiger charge is -2.36. The van der Waals surface area contributed by atoms with Crippen molar-refractivity contribution in [2.45, 2.75) is 32.4 Å². The Morgan fingerprint density at radius 3 is 2.56 bits per heavy atom. The molecular weight excluding hydrogens is 321 g/mol. The highest BCUT2D eigenvalue weighted by Gasteiger charge is 2.33. The molecule has 1 fully saturated rings. The first kappa shape index (κ1) is 19.8. The smallest absolute Gasteiger partial charge is 0.244 e. The second kappa shape index (κ2) is 9.27. The van der Waals surface area contributed by atoms with E-state index >= 15 is 0 Å². The van der Waals surface area contributed by atoms with Crippen LogP contribution in [0, 0.1) is 11.7 Å². The molecule has 0 bridgehead atoms. The quantitative estimate of drug-likeness (QED) is 0.817. The predicted octanol–water partition coefficient (Wildman–Crippen LogP) is 2.03. The Kier molecular flexibility index (Phi) is 7.35. The largest absolute Gasteiger partial charge is 0.379 e. The lowest BCUT2D eigenvalue weighted by atomic mass is 10.0. The lowest BCUT2D eigenvalue weighted by molar-refractivity contribution is -0.138. The highest BCUT2D eigenvalue weighted by atomic mass is 19.1. The summed E-state index contributed by atoms with van der Waals surface area (Å²) in [5, 5.41) is 0. The molecular formula is C19H30FN3O2. The molecule has 1 heterocycles. The molecule has 2 rings (SSSR count). The summed E-state index contributed by atoms with van der Waals surface area (Å²) in [5.74, 6) is -0.0762. The van der Waals surface area contributed by atoms with Crippen LogP contribution in [0.5, 0.6) is 0 Å². The maximum atomic E-state index is 14.4. The molecule has 25 heavy (non-hydrogen) atoms. The zero-order chi connectivity index (χ0) is 18.4. The molecule has 140 valence electrons. The summed E-state index contributed by atoms with van der Waals surface area (Å²) in [5.41, 5.74) is 6.52. The number of benzene rings is 1. The monoisotopic (exact) mass is 351 g/mol. The fourth-order valence-corrected chi connectivity index (χ4v) is 3.01. The van der Waals surface area contributed by atoms with Crippen molar-refractivity contribution in [3.05, 3.63) is 35.6 Å². The van der Waals surface area contributed by atoms with Gasteiger partial charge in [0.15, 0.2) is 0 Å². The van der Waals surface area contributed by atoms with Gasteiger partial charge in [0.05, 0.1) is 13.2 Å². The maximum Gasteiger partial charge on any atom is 0.244 e. The number of amides is 1. The van der Waals surface area contributed by atoms with Gasteiger partial charge >= 0.3 is 0 Å². The molecule has 1 aromatic carbocycles. The van der Waals surface area contributed by atoms with Gasteiger partial charge in [-0.2, -0.15) is 0 Å². The van der Waals surface area contributed by atoms with Crippen molar-refractivity contribution in [1.29, 1.82) is 0 Å². The topological polar surface area (TPSA) is 58.8 Å². The number of nitrogens with two attached hydrogens (primary N) is 1. The molecule has 5 nitrogen and oxygen atoms in total. The Morgan fingerprint density at radius 2 is 1.96 bits per heavy atom. The Balaban J connectivity index is 2.16. The van der Waals surface area contributed by atoms with Gasteiger partial charge in [-0.25, -0.2) is 4.39 Å². The zero-order valence-electron chi connectivity index (χ0n) is 15.5. The van der Waals surface area contributed by atoms with E-state index in [4.69, 9.17) is 10.5 Å². The number of nitrogens with zero attached hydrogens (tertiary/aromatic N) is 2. The summed E-state index contributed by atoms with van der Waals surface area (Å²) in [4.78, 5) is 16.8. The molecule has 0 spiro atoms. The van der Waals surface area contributed by atoms with Crippen LogP contribution < -0.4 is 5.73 Å². The molecule has 2 N–H and O–H groups in total. The fraction of sp³-hybridized carbons (Fsp3) is 0.632. The van der Waals surface area contributed by atoms with E-state index in [0.29, 0.717) is 44.3 Å². The van der Waals surface area contributed by atoms with E-state index in [1.165, 1.54) is 6.07 Å². The van der Waals surface area contributed by atoms with Crippen LogP contribution in [0.2, 0.25) is 0 Å². The molecule has 1 aliphatic rings. The number of hydrogen-bond donors (Lipinski definition) is 1. The SMILES string of the molecule is CC(C)C(N)CCN(C)C(=O)C(c1ccccc1F)N1CCOCC1. The summed E-state index contributed by atoms with van der Waals surface area (Å²) in [6, 6.07) is 5.95. The van der Waals surface area contributed by atoms with Gasteiger partial charge in [-0.3, -0.25) is 9.69 Å². The Morgan fingerprint density at radius 1 is 1.32 bits per heavy atom. The van der Waals surface area contributed by atoms with Crippen LogP contribution in [-0.2, 0) is 9.53 Å². The van der Waals surface area contributed by atoms with E-state index < -0.39 is 6.04 Å². The molecule has 2 unspecified atom stereocenters. The number of rotatable bonds is 7. The van der Waals surface area contributed by atoms with Crippen LogP contribution in [0.4, 0.5) is 4.39 Å². The first-order valence-electron chi connectivity index (χ1n) is 8.98. The minimum Gasteiger partial charge on any atom is -0.379 e. The highest BCUT2D eigenvalue weighted by Crippen LogP contribution is 2.26. The standard InChI is InChI=1S/C19H30FN3O2/c1-14(2)17(21)8-9-22(3)19(24)18(23-10-12-25-13-11-23)15-6-4-5-7-16(15)20/h4-7,14,17-18H,8-13,21H2,1-3H3. The van der Waals surface area contributed by atoms with Gasteiger partial charge in [-0.05, 0) is 18.4 Å². The number of carbonyl (C=O) groups excluding carboxylic acids is 1. The Bertz CT molecular complexity index is 561. The van der Waals surface area contributed by atoms with Gasteiger partial charge in [0, 0.05) is 38.3 Å². The molecule has 1 aromatic rings. The molecule has 1 aliphatic heterocycles. The minimum absolute atomic E-state index is 0.0468. The number of ether oxygens (including phenoxy) is 1. The second-order valence-corrected chi connectivity index (χ2v) is 7.03. The van der Waals surface area contributed by atoms with E-state index in [2.05, 4.69) is 13.8 Å². The summed E-state index contributed by atoms with van der Waals surface area (Å²) < 4.78 is 19.8. The van der Waals surface area contributed by atoms with Crippen molar-refractivity contribution in [3.8, 4) is 0 Å². The number of halogens is 1. The number of carbonyl (C=O) groups is 1. The van der Waals surface area contributed by atoms with Crippen molar-refractivity contribution in [2.75, 3.05) is 39.9 Å². The van der Waals surface area contributed by atoms with Crippen LogP contribution in [-0.4, -0.2) is 61.6 Å². The summed E-state index contributed by atoms with van der Waals surface area (Å²) in [6.07, 6.45) is 0.729. The van der Waals surface area contributed by atoms with E-state index in [-0.39, 0.29) is 17.8 Å². The molecule has 0 radical (unpaired) electrons. The van der Waals surface area contributed by atoms with Crippen molar-refractivity contribution in [1.82, 2.24) is 9.80 Å². The Labute approximate surface area is 149 Å². The fourth-order valence-electron chi connectivity index (χ4n) is 3.01. The molecule has 6 heteroatoms. The number of morpholine rings is 1. The Hall–Kier alpha value is -1.50. The van der Waals surface area contributed by atoms with Gasteiger partial charge in [0.2, 0.25) is 5.91 Å². The predicted molar refractivity (Wildman–Crippen MR) is 96.6 cm³/mol. The third-order valence-corrected chi connectivity index (χ3v) is 4.87. The molecule has 1 amide bonds. The van der Waals surface area contributed by atoms with Crippen LogP contribution >= 0.6 is 0 Å². The van der Waals surface area contributed by atoms with Crippen LogP contribution in [0.25, 0.3) is 0 Å². The third kappa shape index (κ3) is 5.23. The first-order chi connectivity index (χ1) is 11.9. The van der Waals surface area contributed by atoms with Gasteiger partial charge in [0.25, 0.3) is 0 Å². The van der Waals surface area contributed by atoms with Crippen LogP contribution in [0.3, 0.4) is 0 Å². The van der Waals surface area contributed by atoms with Crippen molar-refractivity contribution in [2.24, 2.45) is 11.7 Å². The highest BCUT2D eigenvalue weighted by molar-refractivity contribution is 5.83. The summed E-state index contributed by atoms with van der Waals surface area (Å²) in [7, 11) is 1.77. The van der Waals surface area contributed by atoms with Crippen LogP contribution in [0.15, 0.2) is 24.3 Å². The average molecular weight is 351 g/mol. The van der Waals surface area contributed by atoms with E-state index in [9.17, 15) is 9.18 Å². The summed E-state index contributed by atoms with van der Waals surface area (Å²) >= 11 is 0. The molecule has 2 atom stereocenters. The van der Waals surface area contributed by atoms with Gasteiger partial charge in [-0.15, -0.1) is 0 Å². The van der Waals surface area contributed by atoms with Crippen LogP contribution in [0.1, 0.15) is 31.9 Å². The lowest BCUT2D eigenvalue weighted by Crippen LogP contribution is -2.47. The first-order valence-corrected chi connectivity index (χ1v) is 8.98. The van der Waals surface area contributed by atoms with E-state index in [1.54, 1.807) is 30.1 Å². The number of likely N-dealkylation sites (N-methyl/N-ethyl adjacent to an activating group) is 1. The third-order valence-electron chi connectivity index (χ3n) is 4.87. The van der Waals surface area contributed by atoms with Gasteiger partial charge < -0.3 is 15.4 Å². The molecule has 1 saturated heterocycles.